The van der Waals surface area contributed by atoms with Gasteiger partial charge in [0.25, 0.3) is 0 Å². The van der Waals surface area contributed by atoms with Gasteiger partial charge in [0, 0.05) is 12.5 Å². The SMILES string of the molecule is CCCNCC(C)COc1ccc(F)cc1Cl. The molecule has 1 unspecified atom stereocenters. The van der Waals surface area contributed by atoms with Crippen LogP contribution < -0.4 is 10.1 Å². The summed E-state index contributed by atoms with van der Waals surface area (Å²) in [6.45, 7) is 6.73. The minimum Gasteiger partial charge on any atom is -0.492 e. The summed E-state index contributed by atoms with van der Waals surface area (Å²) in [6, 6.07) is 4.17. The Labute approximate surface area is 107 Å². The van der Waals surface area contributed by atoms with E-state index in [1.165, 1.54) is 12.1 Å². The van der Waals surface area contributed by atoms with Gasteiger partial charge in [-0.05, 0) is 31.2 Å². The maximum absolute atomic E-state index is 12.8. The normalized spacial score (nSPS) is 12.5. The predicted octanol–water partition coefficient (Wildman–Crippen LogP) is 3.49. The molecule has 0 heterocycles. The van der Waals surface area contributed by atoms with E-state index in [1.54, 1.807) is 6.07 Å². The second-order valence-electron chi connectivity index (χ2n) is 4.20. The fourth-order valence-electron chi connectivity index (χ4n) is 1.41. The third kappa shape index (κ3) is 5.37. The zero-order chi connectivity index (χ0) is 12.7. The van der Waals surface area contributed by atoms with Gasteiger partial charge in [0.05, 0.1) is 11.6 Å². The highest BCUT2D eigenvalue weighted by Gasteiger charge is 2.06. The van der Waals surface area contributed by atoms with E-state index in [4.69, 9.17) is 16.3 Å². The highest BCUT2D eigenvalue weighted by molar-refractivity contribution is 6.32. The Balaban J connectivity index is 2.34. The van der Waals surface area contributed by atoms with Gasteiger partial charge in [-0.3, -0.25) is 0 Å². The lowest BCUT2D eigenvalue weighted by atomic mass is 10.2. The molecule has 0 spiro atoms. The average molecular weight is 260 g/mol. The average Bonchev–Trinajstić information content (AvgIpc) is 2.28. The largest absolute Gasteiger partial charge is 0.492 e. The molecule has 0 bridgehead atoms. The van der Waals surface area contributed by atoms with Crippen LogP contribution in [0.5, 0.6) is 5.75 Å². The Morgan fingerprint density at radius 2 is 2.24 bits per heavy atom. The van der Waals surface area contributed by atoms with Crippen molar-refractivity contribution in [2.45, 2.75) is 20.3 Å². The summed E-state index contributed by atoms with van der Waals surface area (Å²) >= 11 is 5.86. The van der Waals surface area contributed by atoms with Crippen LogP contribution in [0.25, 0.3) is 0 Å². The van der Waals surface area contributed by atoms with Crippen LogP contribution in [0.2, 0.25) is 5.02 Å². The number of benzene rings is 1. The lowest BCUT2D eigenvalue weighted by molar-refractivity contribution is 0.255. The van der Waals surface area contributed by atoms with E-state index in [9.17, 15) is 4.39 Å². The molecule has 1 N–H and O–H groups in total. The Kier molecular flexibility index (Phi) is 6.30. The van der Waals surface area contributed by atoms with E-state index in [0.29, 0.717) is 23.3 Å². The van der Waals surface area contributed by atoms with Gasteiger partial charge in [-0.1, -0.05) is 25.4 Å². The maximum Gasteiger partial charge on any atom is 0.138 e. The number of halogens is 2. The van der Waals surface area contributed by atoms with Crippen molar-refractivity contribution < 1.29 is 9.13 Å². The van der Waals surface area contributed by atoms with Gasteiger partial charge in [0.15, 0.2) is 0 Å². The second kappa shape index (κ2) is 7.51. The lowest BCUT2D eigenvalue weighted by Crippen LogP contribution is -2.25. The molecule has 4 heteroatoms. The summed E-state index contributed by atoms with van der Waals surface area (Å²) in [5.74, 6) is 0.582. The zero-order valence-corrected chi connectivity index (χ0v) is 11.1. The summed E-state index contributed by atoms with van der Waals surface area (Å²) in [6.07, 6.45) is 1.12. The molecule has 0 aliphatic heterocycles. The fourth-order valence-corrected chi connectivity index (χ4v) is 1.63. The zero-order valence-electron chi connectivity index (χ0n) is 10.3. The van der Waals surface area contributed by atoms with Crippen LogP contribution in [0.15, 0.2) is 18.2 Å². The highest BCUT2D eigenvalue weighted by Crippen LogP contribution is 2.25. The quantitative estimate of drug-likeness (QED) is 0.757. The molecule has 96 valence electrons. The molecular weight excluding hydrogens is 241 g/mol. The van der Waals surface area contributed by atoms with Crippen molar-refractivity contribution in [2.24, 2.45) is 5.92 Å². The number of hydrogen-bond acceptors (Lipinski definition) is 2. The van der Waals surface area contributed by atoms with E-state index in [1.807, 2.05) is 0 Å². The Morgan fingerprint density at radius 1 is 1.47 bits per heavy atom. The van der Waals surface area contributed by atoms with Gasteiger partial charge in [-0.2, -0.15) is 0 Å². The minimum absolute atomic E-state index is 0.318. The van der Waals surface area contributed by atoms with Crippen LogP contribution in [-0.2, 0) is 0 Å². The Bertz CT molecular complexity index is 346. The van der Waals surface area contributed by atoms with Gasteiger partial charge in [0.2, 0.25) is 0 Å². The molecule has 1 aromatic rings. The number of rotatable bonds is 7. The van der Waals surface area contributed by atoms with Crippen LogP contribution in [0, 0.1) is 11.7 Å². The monoisotopic (exact) mass is 259 g/mol. The topological polar surface area (TPSA) is 21.3 Å². The third-order valence-corrected chi connectivity index (χ3v) is 2.63. The van der Waals surface area contributed by atoms with E-state index in [2.05, 4.69) is 19.2 Å². The van der Waals surface area contributed by atoms with Crippen molar-refractivity contribution >= 4 is 11.6 Å². The molecular formula is C13H19ClFNO. The van der Waals surface area contributed by atoms with E-state index in [-0.39, 0.29) is 5.82 Å². The standard InChI is InChI=1S/C13H19ClFNO/c1-3-6-16-8-10(2)9-17-13-5-4-11(15)7-12(13)14/h4-5,7,10,16H,3,6,8-9H2,1-2H3. The van der Waals surface area contributed by atoms with Crippen molar-refractivity contribution in [3.63, 3.8) is 0 Å². The van der Waals surface area contributed by atoms with Gasteiger partial charge < -0.3 is 10.1 Å². The van der Waals surface area contributed by atoms with Crippen LogP contribution >= 0.6 is 11.6 Å². The molecule has 1 aromatic carbocycles. The third-order valence-electron chi connectivity index (χ3n) is 2.34. The van der Waals surface area contributed by atoms with Crippen molar-refractivity contribution in [2.75, 3.05) is 19.7 Å². The van der Waals surface area contributed by atoms with Crippen molar-refractivity contribution in [3.8, 4) is 5.75 Å². The summed E-state index contributed by atoms with van der Waals surface area (Å²) < 4.78 is 18.3. The molecule has 17 heavy (non-hydrogen) atoms. The van der Waals surface area contributed by atoms with Crippen LogP contribution in [0.1, 0.15) is 20.3 Å². The maximum atomic E-state index is 12.8. The van der Waals surface area contributed by atoms with E-state index >= 15 is 0 Å². The summed E-state index contributed by atoms with van der Waals surface area (Å²) in [5, 5.41) is 3.64. The van der Waals surface area contributed by atoms with E-state index < -0.39 is 0 Å². The number of hydrogen-bond donors (Lipinski definition) is 1. The van der Waals surface area contributed by atoms with Crippen LogP contribution in [-0.4, -0.2) is 19.7 Å². The molecule has 0 aliphatic carbocycles. The lowest BCUT2D eigenvalue weighted by Gasteiger charge is -2.14. The molecule has 0 amide bonds. The summed E-state index contributed by atoms with van der Waals surface area (Å²) in [5.41, 5.74) is 0. The molecule has 0 fully saturated rings. The molecule has 0 radical (unpaired) electrons. The number of ether oxygens (including phenoxy) is 1. The minimum atomic E-state index is -0.347. The van der Waals surface area contributed by atoms with Crippen molar-refractivity contribution in [1.29, 1.82) is 0 Å². The van der Waals surface area contributed by atoms with Crippen LogP contribution in [0.4, 0.5) is 4.39 Å². The van der Waals surface area contributed by atoms with Gasteiger partial charge in [-0.15, -0.1) is 0 Å². The summed E-state index contributed by atoms with van der Waals surface area (Å²) in [7, 11) is 0. The van der Waals surface area contributed by atoms with Gasteiger partial charge in [-0.25, -0.2) is 4.39 Å². The molecule has 1 atom stereocenters. The molecule has 0 saturated carbocycles. The smallest absolute Gasteiger partial charge is 0.138 e. The van der Waals surface area contributed by atoms with Crippen molar-refractivity contribution in [3.05, 3.63) is 29.0 Å². The molecule has 0 aliphatic rings. The first-order valence-corrected chi connectivity index (χ1v) is 6.29. The summed E-state index contributed by atoms with van der Waals surface area (Å²) in [4.78, 5) is 0. The molecule has 2 nitrogen and oxygen atoms in total. The molecule has 0 aromatic heterocycles. The van der Waals surface area contributed by atoms with Crippen LogP contribution in [0.3, 0.4) is 0 Å². The Morgan fingerprint density at radius 3 is 2.88 bits per heavy atom. The first-order valence-electron chi connectivity index (χ1n) is 5.92. The van der Waals surface area contributed by atoms with E-state index in [0.717, 1.165) is 19.5 Å². The van der Waals surface area contributed by atoms with Gasteiger partial charge in [0.1, 0.15) is 11.6 Å². The van der Waals surface area contributed by atoms with Gasteiger partial charge >= 0.3 is 0 Å². The molecule has 1 rings (SSSR count). The predicted molar refractivity (Wildman–Crippen MR) is 69.2 cm³/mol. The second-order valence-corrected chi connectivity index (χ2v) is 4.60. The van der Waals surface area contributed by atoms with Crippen molar-refractivity contribution in [1.82, 2.24) is 5.32 Å². The highest BCUT2D eigenvalue weighted by atomic mass is 35.5. The first kappa shape index (κ1) is 14.3. The fraction of sp³-hybridized carbons (Fsp3) is 0.538. The number of nitrogens with one attached hydrogen (secondary N) is 1. The molecule has 0 saturated heterocycles. The Hall–Kier alpha value is -0.800. The first-order chi connectivity index (χ1) is 8.13.